The number of ether oxygens (including phenoxy) is 3. The summed E-state index contributed by atoms with van der Waals surface area (Å²) < 4.78 is 15.6. The van der Waals surface area contributed by atoms with Gasteiger partial charge in [0.05, 0.1) is 26.4 Å². The van der Waals surface area contributed by atoms with Crippen molar-refractivity contribution in [2.45, 2.75) is 13.3 Å². The largest absolute Gasteiger partial charge is 0.379 e. The molecule has 4 heteroatoms. The van der Waals surface area contributed by atoms with E-state index in [0.717, 1.165) is 19.6 Å². The molecule has 4 nitrogen and oxygen atoms in total. The Kier molecular flexibility index (Phi) is 11.7. The Morgan fingerprint density at radius 3 is 1.92 bits per heavy atom. The quantitative estimate of drug-likeness (QED) is 0.508. The van der Waals surface area contributed by atoms with E-state index in [2.05, 4.69) is 0 Å². The molecule has 0 unspecified atom stereocenters. The third-order valence-corrected chi connectivity index (χ3v) is 1.44. The summed E-state index contributed by atoms with van der Waals surface area (Å²) in [5.41, 5.74) is 5.30. The molecule has 0 radical (unpaired) electrons. The van der Waals surface area contributed by atoms with E-state index in [0.29, 0.717) is 33.0 Å². The van der Waals surface area contributed by atoms with Crippen LogP contribution >= 0.6 is 0 Å². The van der Waals surface area contributed by atoms with Crippen LogP contribution in [0.3, 0.4) is 0 Å². The molecule has 0 rings (SSSR count). The molecule has 0 saturated heterocycles. The van der Waals surface area contributed by atoms with Gasteiger partial charge in [-0.2, -0.15) is 0 Å². The first-order valence-electron chi connectivity index (χ1n) is 4.85. The molecule has 13 heavy (non-hydrogen) atoms. The molecule has 0 spiro atoms. The summed E-state index contributed by atoms with van der Waals surface area (Å²) in [7, 11) is 0. The summed E-state index contributed by atoms with van der Waals surface area (Å²) in [5, 5.41) is 0. The molecule has 0 aliphatic carbocycles. The fourth-order valence-corrected chi connectivity index (χ4v) is 0.770. The molecule has 0 saturated carbocycles. The number of hydrogen-bond donors (Lipinski definition) is 1. The van der Waals surface area contributed by atoms with Crippen LogP contribution < -0.4 is 5.73 Å². The third kappa shape index (κ3) is 11.8. The maximum atomic E-state index is 5.30. The van der Waals surface area contributed by atoms with Gasteiger partial charge in [0, 0.05) is 13.2 Å². The second kappa shape index (κ2) is 11.8. The van der Waals surface area contributed by atoms with Crippen LogP contribution in [-0.2, 0) is 14.2 Å². The van der Waals surface area contributed by atoms with Crippen LogP contribution in [0.5, 0.6) is 0 Å². The van der Waals surface area contributed by atoms with Crippen LogP contribution in [0.1, 0.15) is 13.3 Å². The Bertz CT molecular complexity index is 80.9. The van der Waals surface area contributed by atoms with Crippen molar-refractivity contribution < 1.29 is 14.2 Å². The lowest BCUT2D eigenvalue weighted by Crippen LogP contribution is -2.11. The monoisotopic (exact) mass is 191 g/mol. The van der Waals surface area contributed by atoms with E-state index in [-0.39, 0.29) is 0 Å². The molecule has 2 N–H and O–H groups in total. The summed E-state index contributed by atoms with van der Waals surface area (Å²) in [6.07, 6.45) is 0.916. The third-order valence-electron chi connectivity index (χ3n) is 1.44. The maximum absolute atomic E-state index is 5.30. The van der Waals surface area contributed by atoms with Crippen molar-refractivity contribution in [2.24, 2.45) is 5.73 Å². The summed E-state index contributed by atoms with van der Waals surface area (Å²) in [6, 6.07) is 0. The lowest BCUT2D eigenvalue weighted by molar-refractivity contribution is 0.0168. The fraction of sp³-hybridized carbons (Fsp3) is 1.00. The zero-order valence-corrected chi connectivity index (χ0v) is 8.46. The lowest BCUT2D eigenvalue weighted by atomic mass is 10.5. The molecule has 0 aliphatic rings. The van der Waals surface area contributed by atoms with Gasteiger partial charge in [0.15, 0.2) is 0 Å². The van der Waals surface area contributed by atoms with Crippen LogP contribution in [0.4, 0.5) is 0 Å². The van der Waals surface area contributed by atoms with Gasteiger partial charge < -0.3 is 19.9 Å². The molecule has 80 valence electrons. The molecule has 0 atom stereocenters. The molecule has 0 aromatic heterocycles. The van der Waals surface area contributed by atoms with Gasteiger partial charge in [-0.15, -0.1) is 0 Å². The van der Waals surface area contributed by atoms with Crippen molar-refractivity contribution in [3.63, 3.8) is 0 Å². The van der Waals surface area contributed by atoms with Crippen LogP contribution in [0.15, 0.2) is 0 Å². The van der Waals surface area contributed by atoms with Gasteiger partial charge in [0.2, 0.25) is 0 Å². The van der Waals surface area contributed by atoms with Crippen molar-refractivity contribution in [1.82, 2.24) is 0 Å². The van der Waals surface area contributed by atoms with Crippen molar-refractivity contribution in [3.8, 4) is 0 Å². The lowest BCUT2D eigenvalue weighted by Gasteiger charge is -2.05. The summed E-state index contributed by atoms with van der Waals surface area (Å²) in [4.78, 5) is 0. The van der Waals surface area contributed by atoms with Gasteiger partial charge in [-0.25, -0.2) is 0 Å². The first-order valence-corrected chi connectivity index (χ1v) is 4.85. The highest BCUT2D eigenvalue weighted by molar-refractivity contribution is 4.36. The Hall–Kier alpha value is -0.160. The van der Waals surface area contributed by atoms with E-state index in [4.69, 9.17) is 19.9 Å². The predicted octanol–water partition coefficient (Wildman–Crippen LogP) is 0.405. The van der Waals surface area contributed by atoms with Gasteiger partial charge >= 0.3 is 0 Å². The minimum absolute atomic E-state index is 0.637. The van der Waals surface area contributed by atoms with Gasteiger partial charge in [-0.1, -0.05) is 0 Å². The predicted molar refractivity (Wildman–Crippen MR) is 51.8 cm³/mol. The molecule has 0 fully saturated rings. The SMILES string of the molecule is CCOCCOCCOCCCN. The van der Waals surface area contributed by atoms with Crippen LogP contribution in [0.25, 0.3) is 0 Å². The average Bonchev–Trinajstić information content (AvgIpc) is 2.16. The van der Waals surface area contributed by atoms with E-state index in [1.165, 1.54) is 0 Å². The van der Waals surface area contributed by atoms with E-state index < -0.39 is 0 Å². The van der Waals surface area contributed by atoms with Gasteiger partial charge in [0.25, 0.3) is 0 Å². The molecule has 0 heterocycles. The minimum Gasteiger partial charge on any atom is -0.379 e. The first-order chi connectivity index (χ1) is 6.41. The van der Waals surface area contributed by atoms with Gasteiger partial charge in [-0.3, -0.25) is 0 Å². The summed E-state index contributed by atoms with van der Waals surface area (Å²) in [5.74, 6) is 0. The van der Waals surface area contributed by atoms with Gasteiger partial charge in [0.1, 0.15) is 0 Å². The highest BCUT2D eigenvalue weighted by atomic mass is 16.5. The van der Waals surface area contributed by atoms with Crippen LogP contribution in [-0.4, -0.2) is 46.2 Å². The summed E-state index contributed by atoms with van der Waals surface area (Å²) in [6.45, 7) is 6.72. The molecule has 0 amide bonds. The second-order valence-corrected chi connectivity index (χ2v) is 2.56. The molecule has 0 bridgehead atoms. The van der Waals surface area contributed by atoms with E-state index in [1.54, 1.807) is 0 Å². The minimum atomic E-state index is 0.637. The Balaban J connectivity index is 2.76. The van der Waals surface area contributed by atoms with E-state index in [9.17, 15) is 0 Å². The fourth-order valence-electron chi connectivity index (χ4n) is 0.770. The first kappa shape index (κ1) is 12.8. The van der Waals surface area contributed by atoms with Crippen molar-refractivity contribution >= 4 is 0 Å². The second-order valence-electron chi connectivity index (χ2n) is 2.56. The van der Waals surface area contributed by atoms with Crippen molar-refractivity contribution in [2.75, 3.05) is 46.2 Å². The number of hydrogen-bond acceptors (Lipinski definition) is 4. The zero-order valence-electron chi connectivity index (χ0n) is 8.46. The van der Waals surface area contributed by atoms with Crippen LogP contribution in [0, 0.1) is 0 Å². The molecular weight excluding hydrogens is 170 g/mol. The number of nitrogens with two attached hydrogens (primary N) is 1. The van der Waals surface area contributed by atoms with Crippen LogP contribution in [0.2, 0.25) is 0 Å². The van der Waals surface area contributed by atoms with E-state index >= 15 is 0 Å². The summed E-state index contributed by atoms with van der Waals surface area (Å²) >= 11 is 0. The van der Waals surface area contributed by atoms with Crippen molar-refractivity contribution in [3.05, 3.63) is 0 Å². The topological polar surface area (TPSA) is 53.7 Å². The normalized spacial score (nSPS) is 10.6. The molecular formula is C9H21NO3. The standard InChI is InChI=1S/C9H21NO3/c1-2-11-6-7-13-9-8-12-5-3-4-10/h2-10H2,1H3. The Morgan fingerprint density at radius 2 is 1.38 bits per heavy atom. The molecule has 0 aromatic rings. The van der Waals surface area contributed by atoms with Gasteiger partial charge in [-0.05, 0) is 19.9 Å². The smallest absolute Gasteiger partial charge is 0.0701 e. The average molecular weight is 191 g/mol. The highest BCUT2D eigenvalue weighted by Gasteiger charge is 1.89. The van der Waals surface area contributed by atoms with Crippen molar-refractivity contribution in [1.29, 1.82) is 0 Å². The molecule has 0 aliphatic heterocycles. The maximum Gasteiger partial charge on any atom is 0.0701 e. The number of rotatable bonds is 10. The molecule has 0 aromatic carbocycles. The highest BCUT2D eigenvalue weighted by Crippen LogP contribution is 1.82. The van der Waals surface area contributed by atoms with E-state index in [1.807, 2.05) is 6.92 Å². The zero-order chi connectivity index (χ0) is 9.78. The Morgan fingerprint density at radius 1 is 0.846 bits per heavy atom. The Labute approximate surface area is 80.3 Å².